The van der Waals surface area contributed by atoms with E-state index >= 15 is 0 Å². The highest BCUT2D eigenvalue weighted by atomic mass is 35.5. The average molecular weight is 539 g/mol. The van der Waals surface area contributed by atoms with Crippen LogP contribution in [0.4, 0.5) is 5.82 Å². The summed E-state index contributed by atoms with van der Waals surface area (Å²) in [6, 6.07) is 8.13. The Morgan fingerprint density at radius 2 is 1.89 bits per heavy atom. The Morgan fingerprint density at radius 3 is 2.65 bits per heavy atom. The van der Waals surface area contributed by atoms with E-state index < -0.39 is 6.04 Å². The number of carbonyl (C=O) groups is 2. The number of carbonyl (C=O) groups excluding carboxylic acids is 2. The number of rotatable bonds is 7. The van der Waals surface area contributed by atoms with Gasteiger partial charge >= 0.3 is 5.97 Å². The fraction of sp³-hybridized carbons (Fsp3) is 0.269. The molecule has 190 valence electrons. The van der Waals surface area contributed by atoms with Gasteiger partial charge in [0.05, 0.1) is 33.1 Å². The van der Waals surface area contributed by atoms with E-state index in [1.54, 1.807) is 43.0 Å². The summed E-state index contributed by atoms with van der Waals surface area (Å²) in [6.07, 6.45) is 5.28. The number of imidazole rings is 1. The molecule has 0 spiro atoms. The maximum absolute atomic E-state index is 12.9. The second kappa shape index (κ2) is 10.4. The van der Waals surface area contributed by atoms with Crippen molar-refractivity contribution in [1.29, 1.82) is 0 Å². The summed E-state index contributed by atoms with van der Waals surface area (Å²) in [5.74, 6) is 0.221. The molecule has 1 amide bonds. The lowest BCUT2D eigenvalue weighted by Gasteiger charge is -2.20. The first-order chi connectivity index (χ1) is 17.8. The van der Waals surface area contributed by atoms with Crippen molar-refractivity contribution < 1.29 is 14.3 Å². The molecule has 1 unspecified atom stereocenters. The van der Waals surface area contributed by atoms with Gasteiger partial charge in [-0.2, -0.15) is 0 Å². The zero-order chi connectivity index (χ0) is 26.1. The molecule has 0 bridgehead atoms. The number of nitrogens with zero attached hydrogens (tertiary/aromatic N) is 4. The normalized spacial score (nSPS) is 14.0. The van der Waals surface area contributed by atoms with Gasteiger partial charge in [-0.1, -0.05) is 49.2 Å². The average Bonchev–Trinajstić information content (AvgIpc) is 3.56. The summed E-state index contributed by atoms with van der Waals surface area (Å²) in [7, 11) is 0. The van der Waals surface area contributed by atoms with Gasteiger partial charge in [0.1, 0.15) is 30.6 Å². The van der Waals surface area contributed by atoms with Gasteiger partial charge in [0, 0.05) is 23.5 Å². The summed E-state index contributed by atoms with van der Waals surface area (Å²) in [4.78, 5) is 43.5. The van der Waals surface area contributed by atoms with Crippen LogP contribution in [0.15, 0.2) is 48.8 Å². The molecule has 1 aliphatic heterocycles. The molecule has 0 fully saturated rings. The molecule has 1 aliphatic rings. The molecule has 1 atom stereocenters. The number of amides is 1. The maximum Gasteiger partial charge on any atom is 0.308 e. The van der Waals surface area contributed by atoms with Crippen molar-refractivity contribution in [3.63, 3.8) is 0 Å². The largest absolute Gasteiger partial charge is 0.463 e. The lowest BCUT2D eigenvalue weighted by molar-refractivity contribution is -0.147. The number of esters is 1. The Kier molecular flexibility index (Phi) is 6.99. The number of nitrogens with one attached hydrogen (secondary N) is 2. The van der Waals surface area contributed by atoms with Gasteiger partial charge in [-0.15, -0.1) is 0 Å². The van der Waals surface area contributed by atoms with E-state index in [4.69, 9.17) is 27.9 Å². The molecule has 3 heterocycles. The number of fused-ring (bicyclic) bond motifs is 2. The van der Waals surface area contributed by atoms with E-state index in [0.29, 0.717) is 56.8 Å². The van der Waals surface area contributed by atoms with Crippen molar-refractivity contribution >= 4 is 62.8 Å². The first-order valence-electron chi connectivity index (χ1n) is 11.8. The third-order valence-electron chi connectivity index (χ3n) is 6.03. The van der Waals surface area contributed by atoms with Gasteiger partial charge in [0.2, 0.25) is 0 Å². The van der Waals surface area contributed by atoms with Gasteiger partial charge in [0.15, 0.2) is 0 Å². The zero-order valence-corrected chi connectivity index (χ0v) is 21.7. The number of benzene rings is 2. The highest BCUT2D eigenvalue weighted by Gasteiger charge is 2.24. The molecule has 0 radical (unpaired) electrons. The Hall–Kier alpha value is -3.69. The Bertz CT molecular complexity index is 1530. The minimum Gasteiger partial charge on any atom is -0.463 e. The van der Waals surface area contributed by atoms with Crippen LogP contribution in [0.25, 0.3) is 21.9 Å². The Balaban J connectivity index is 1.49. The smallest absolute Gasteiger partial charge is 0.308 e. The number of aromatic nitrogens is 4. The van der Waals surface area contributed by atoms with Crippen molar-refractivity contribution in [3.05, 3.63) is 70.2 Å². The third kappa shape index (κ3) is 5.23. The van der Waals surface area contributed by atoms with E-state index in [2.05, 4.69) is 25.3 Å². The van der Waals surface area contributed by atoms with E-state index in [1.165, 1.54) is 6.33 Å². The number of halogens is 2. The molecule has 0 aliphatic carbocycles. The van der Waals surface area contributed by atoms with Gasteiger partial charge < -0.3 is 19.9 Å². The van der Waals surface area contributed by atoms with Gasteiger partial charge in [0.25, 0.3) is 5.91 Å². The molecule has 5 rings (SSSR count). The van der Waals surface area contributed by atoms with Crippen LogP contribution in [0.1, 0.15) is 36.1 Å². The minimum absolute atomic E-state index is 0.00231. The molecule has 37 heavy (non-hydrogen) atoms. The van der Waals surface area contributed by atoms with Crippen molar-refractivity contribution in [2.75, 3.05) is 25.0 Å². The van der Waals surface area contributed by atoms with Crippen LogP contribution in [0.3, 0.4) is 0 Å². The maximum atomic E-state index is 12.9. The molecular weight excluding hydrogens is 515 g/mol. The van der Waals surface area contributed by atoms with Crippen molar-refractivity contribution in [2.45, 2.75) is 19.9 Å². The van der Waals surface area contributed by atoms with E-state index in [9.17, 15) is 9.59 Å². The number of hydrogen-bond acceptors (Lipinski definition) is 7. The summed E-state index contributed by atoms with van der Waals surface area (Å²) < 4.78 is 5.54. The minimum atomic E-state index is -0.567. The number of hydrogen-bond donors (Lipinski definition) is 2. The third-order valence-corrected chi connectivity index (χ3v) is 6.58. The summed E-state index contributed by atoms with van der Waals surface area (Å²) in [5, 5.41) is 4.79. The highest BCUT2D eigenvalue weighted by Crippen LogP contribution is 2.30. The molecule has 4 aromatic rings. The van der Waals surface area contributed by atoms with Gasteiger partial charge in [-0.05, 0) is 30.3 Å². The number of ether oxygens (including phenoxy) is 1. The van der Waals surface area contributed by atoms with Gasteiger partial charge in [-0.25, -0.2) is 15.0 Å². The topological polar surface area (TPSA) is 113 Å². The molecule has 11 heteroatoms. The standard InChI is InChI=1S/C26H24Cl2N6O3/c1-14(2)26(36)37-12-22(24-31-19-6-5-15(27)9-21(19)32-24)33-23-17-10-18(28)16(11-20(17)29-13-30-23)25(35)34-7-3-4-8-34/h3-6,9-11,13-14,22H,7-8,12H2,1-2H3,(H,31,32)(H,29,30,33). The fourth-order valence-corrected chi connectivity index (χ4v) is 4.43. The van der Waals surface area contributed by atoms with Crippen molar-refractivity contribution in [1.82, 2.24) is 24.8 Å². The van der Waals surface area contributed by atoms with Crippen LogP contribution in [-0.4, -0.2) is 56.4 Å². The fourth-order valence-electron chi connectivity index (χ4n) is 4.02. The predicted molar refractivity (Wildman–Crippen MR) is 143 cm³/mol. The SMILES string of the molecule is CC(C)C(=O)OCC(Nc1ncnc2cc(C(=O)N3CC=CC3)c(Cl)cc12)c1nc2cc(Cl)ccc2[nH]1. The molecule has 2 aromatic carbocycles. The monoisotopic (exact) mass is 538 g/mol. The highest BCUT2D eigenvalue weighted by molar-refractivity contribution is 6.35. The van der Waals surface area contributed by atoms with Crippen LogP contribution in [-0.2, 0) is 9.53 Å². The second-order valence-electron chi connectivity index (χ2n) is 9.02. The van der Waals surface area contributed by atoms with Crippen molar-refractivity contribution in [3.8, 4) is 0 Å². The van der Waals surface area contributed by atoms with Crippen molar-refractivity contribution in [2.24, 2.45) is 5.92 Å². The molecule has 2 N–H and O–H groups in total. The quantitative estimate of drug-likeness (QED) is 0.246. The number of anilines is 1. The first-order valence-corrected chi connectivity index (χ1v) is 12.5. The Labute approximate surface area is 222 Å². The van der Waals surface area contributed by atoms with Crippen LogP contribution in [0, 0.1) is 5.92 Å². The summed E-state index contributed by atoms with van der Waals surface area (Å²) in [5.41, 5.74) is 2.39. The van der Waals surface area contributed by atoms with Crippen LogP contribution < -0.4 is 5.32 Å². The van der Waals surface area contributed by atoms with Crippen LogP contribution >= 0.6 is 23.2 Å². The molecule has 2 aromatic heterocycles. The predicted octanol–water partition coefficient (Wildman–Crippen LogP) is 5.18. The van der Waals surface area contributed by atoms with E-state index in [-0.39, 0.29) is 24.4 Å². The molecule has 9 nitrogen and oxygen atoms in total. The van der Waals surface area contributed by atoms with Gasteiger partial charge in [-0.3, -0.25) is 9.59 Å². The number of H-pyrrole nitrogens is 1. The lowest BCUT2D eigenvalue weighted by Crippen LogP contribution is -2.28. The van der Waals surface area contributed by atoms with E-state index in [1.807, 2.05) is 18.2 Å². The number of aromatic amines is 1. The summed E-state index contributed by atoms with van der Waals surface area (Å²) >= 11 is 12.7. The summed E-state index contributed by atoms with van der Waals surface area (Å²) in [6.45, 7) is 4.63. The van der Waals surface area contributed by atoms with Crippen LogP contribution in [0.5, 0.6) is 0 Å². The lowest BCUT2D eigenvalue weighted by atomic mass is 10.1. The first kappa shape index (κ1) is 25.0. The van der Waals surface area contributed by atoms with Crippen LogP contribution in [0.2, 0.25) is 10.0 Å². The zero-order valence-electron chi connectivity index (χ0n) is 20.2. The molecular formula is C26H24Cl2N6O3. The van der Waals surface area contributed by atoms with E-state index in [0.717, 1.165) is 5.52 Å². The Morgan fingerprint density at radius 1 is 1.11 bits per heavy atom. The molecule has 0 saturated carbocycles. The second-order valence-corrected chi connectivity index (χ2v) is 9.86. The molecule has 0 saturated heterocycles.